The number of aryl methyl sites for hydroxylation is 2. The van der Waals surface area contributed by atoms with E-state index in [1.807, 2.05) is 33.9 Å². The third-order valence-electron chi connectivity index (χ3n) is 2.12. The highest BCUT2D eigenvalue weighted by Crippen LogP contribution is 2.29. The molecule has 1 aromatic rings. The molecule has 2 heteroatoms. The van der Waals surface area contributed by atoms with Gasteiger partial charge >= 0.3 is 0 Å². The first-order valence-electron chi connectivity index (χ1n) is 4.87. The van der Waals surface area contributed by atoms with Crippen molar-refractivity contribution in [3.05, 3.63) is 23.0 Å². The molecule has 0 amide bonds. The van der Waals surface area contributed by atoms with E-state index in [4.69, 9.17) is 4.74 Å². The zero-order valence-electron chi connectivity index (χ0n) is 8.85. The molecule has 0 saturated carbocycles. The van der Waals surface area contributed by atoms with Crippen molar-refractivity contribution in [2.45, 2.75) is 34.1 Å². The van der Waals surface area contributed by atoms with Gasteiger partial charge < -0.3 is 4.74 Å². The van der Waals surface area contributed by atoms with Crippen molar-refractivity contribution < 1.29 is 4.74 Å². The number of pyridine rings is 1. The van der Waals surface area contributed by atoms with E-state index in [0.717, 1.165) is 30.0 Å². The minimum absolute atomic E-state index is 0.822. The van der Waals surface area contributed by atoms with Gasteiger partial charge in [-0.15, -0.1) is 0 Å². The van der Waals surface area contributed by atoms with Gasteiger partial charge in [0.2, 0.25) is 0 Å². The van der Waals surface area contributed by atoms with Crippen LogP contribution in [0.4, 0.5) is 0 Å². The number of ether oxygens (including phenoxy) is 1. The first-order valence-corrected chi connectivity index (χ1v) is 4.87. The molecule has 2 heterocycles. The van der Waals surface area contributed by atoms with Crippen LogP contribution in [0, 0.1) is 13.8 Å². The maximum absolute atomic E-state index is 5.47. The maximum Gasteiger partial charge on any atom is 0.128 e. The summed E-state index contributed by atoms with van der Waals surface area (Å²) in [6.07, 6.45) is 2.90. The van der Waals surface area contributed by atoms with Crippen LogP contribution in [0.2, 0.25) is 0 Å². The lowest BCUT2D eigenvalue weighted by Crippen LogP contribution is -1.90. The molecule has 2 nitrogen and oxygen atoms in total. The molecule has 0 bridgehead atoms. The second kappa shape index (κ2) is 4.26. The zero-order valence-corrected chi connectivity index (χ0v) is 8.85. The van der Waals surface area contributed by atoms with Crippen molar-refractivity contribution >= 4 is 0 Å². The second-order valence-electron chi connectivity index (χ2n) is 2.93. The second-order valence-corrected chi connectivity index (χ2v) is 2.93. The number of hydrogen-bond acceptors (Lipinski definition) is 2. The molecule has 1 aromatic heterocycles. The highest BCUT2D eigenvalue weighted by molar-refractivity contribution is 5.43. The summed E-state index contributed by atoms with van der Waals surface area (Å²) in [4.78, 5) is 4.27. The monoisotopic (exact) mass is 179 g/mol. The Balaban J connectivity index is 0.000000396. The van der Waals surface area contributed by atoms with Crippen molar-refractivity contribution in [1.29, 1.82) is 0 Å². The number of hydrogen-bond donors (Lipinski definition) is 0. The molecule has 0 unspecified atom stereocenters. The third kappa shape index (κ3) is 1.82. The molecule has 0 radical (unpaired) electrons. The minimum atomic E-state index is 0.822. The highest BCUT2D eigenvalue weighted by atomic mass is 16.5. The van der Waals surface area contributed by atoms with Gasteiger partial charge in [-0.25, -0.2) is 0 Å². The van der Waals surface area contributed by atoms with Crippen LogP contribution in [0.5, 0.6) is 5.75 Å². The van der Waals surface area contributed by atoms with Crippen LogP contribution in [0.3, 0.4) is 0 Å². The van der Waals surface area contributed by atoms with Gasteiger partial charge in [0.05, 0.1) is 6.61 Å². The largest absolute Gasteiger partial charge is 0.493 e. The highest BCUT2D eigenvalue weighted by Gasteiger charge is 2.16. The van der Waals surface area contributed by atoms with Crippen LogP contribution in [0.1, 0.15) is 30.7 Å². The molecule has 0 atom stereocenters. The molecule has 2 rings (SSSR count). The molecule has 0 aliphatic carbocycles. The van der Waals surface area contributed by atoms with Gasteiger partial charge in [0, 0.05) is 29.4 Å². The molecule has 72 valence electrons. The molecule has 0 N–H and O–H groups in total. The van der Waals surface area contributed by atoms with Gasteiger partial charge in [0.15, 0.2) is 0 Å². The van der Waals surface area contributed by atoms with Gasteiger partial charge in [-0.05, 0) is 13.8 Å². The molecule has 0 aromatic carbocycles. The molecule has 1 aliphatic heterocycles. The Kier molecular flexibility index (Phi) is 3.29. The van der Waals surface area contributed by atoms with Crippen molar-refractivity contribution in [2.75, 3.05) is 6.61 Å². The van der Waals surface area contributed by atoms with Crippen LogP contribution in [0.25, 0.3) is 0 Å². The van der Waals surface area contributed by atoms with Gasteiger partial charge in [0.1, 0.15) is 5.75 Å². The quantitative estimate of drug-likeness (QED) is 0.611. The number of nitrogens with zero attached hydrogens (tertiary/aromatic N) is 1. The summed E-state index contributed by atoms with van der Waals surface area (Å²) in [6.45, 7) is 8.90. The Morgan fingerprint density at radius 1 is 1.31 bits per heavy atom. The predicted molar refractivity (Wildman–Crippen MR) is 54.3 cm³/mol. The van der Waals surface area contributed by atoms with Gasteiger partial charge in [-0.3, -0.25) is 4.98 Å². The third-order valence-corrected chi connectivity index (χ3v) is 2.12. The Hall–Kier alpha value is -1.05. The minimum Gasteiger partial charge on any atom is -0.493 e. The number of aromatic nitrogens is 1. The summed E-state index contributed by atoms with van der Waals surface area (Å²) in [6, 6.07) is 0. The fourth-order valence-corrected chi connectivity index (χ4v) is 1.48. The fraction of sp³-hybridized carbons (Fsp3) is 0.545. The Morgan fingerprint density at radius 3 is 2.62 bits per heavy atom. The summed E-state index contributed by atoms with van der Waals surface area (Å²) in [5, 5.41) is 0. The summed E-state index contributed by atoms with van der Waals surface area (Å²) in [5.74, 6) is 1.07. The summed E-state index contributed by atoms with van der Waals surface area (Å²) < 4.78 is 5.47. The van der Waals surface area contributed by atoms with Crippen LogP contribution in [0.15, 0.2) is 6.20 Å². The lowest BCUT2D eigenvalue weighted by atomic mass is 10.1. The van der Waals surface area contributed by atoms with E-state index < -0.39 is 0 Å². The van der Waals surface area contributed by atoms with Crippen molar-refractivity contribution in [2.24, 2.45) is 0 Å². The van der Waals surface area contributed by atoms with E-state index in [1.54, 1.807) is 0 Å². The van der Waals surface area contributed by atoms with Crippen molar-refractivity contribution in [3.8, 4) is 5.75 Å². The van der Waals surface area contributed by atoms with E-state index in [2.05, 4.69) is 4.98 Å². The lowest BCUT2D eigenvalue weighted by Gasteiger charge is -2.03. The van der Waals surface area contributed by atoms with E-state index in [0.29, 0.717) is 0 Å². The molecule has 1 aliphatic rings. The van der Waals surface area contributed by atoms with Gasteiger partial charge in [-0.1, -0.05) is 13.8 Å². The molecule has 13 heavy (non-hydrogen) atoms. The van der Waals surface area contributed by atoms with E-state index in [-0.39, 0.29) is 0 Å². The summed E-state index contributed by atoms with van der Waals surface area (Å²) >= 11 is 0. The number of rotatable bonds is 0. The topological polar surface area (TPSA) is 22.1 Å². The van der Waals surface area contributed by atoms with Gasteiger partial charge in [-0.2, -0.15) is 0 Å². The summed E-state index contributed by atoms with van der Waals surface area (Å²) in [7, 11) is 0. The van der Waals surface area contributed by atoms with Crippen LogP contribution < -0.4 is 4.74 Å². The first-order chi connectivity index (χ1) is 6.29. The van der Waals surface area contributed by atoms with E-state index >= 15 is 0 Å². The Labute approximate surface area is 80.0 Å². The average Bonchev–Trinajstić information content (AvgIpc) is 2.64. The van der Waals surface area contributed by atoms with E-state index in [1.165, 1.54) is 5.56 Å². The molecule has 0 fully saturated rings. The maximum atomic E-state index is 5.47. The van der Waals surface area contributed by atoms with Crippen LogP contribution in [-0.4, -0.2) is 11.6 Å². The predicted octanol–water partition coefficient (Wildman–Crippen LogP) is 2.66. The van der Waals surface area contributed by atoms with Crippen LogP contribution >= 0.6 is 0 Å². The molecule has 0 saturated heterocycles. The summed E-state index contributed by atoms with van der Waals surface area (Å²) in [5.41, 5.74) is 3.57. The molecular weight excluding hydrogens is 162 g/mol. The van der Waals surface area contributed by atoms with Crippen molar-refractivity contribution in [3.63, 3.8) is 0 Å². The van der Waals surface area contributed by atoms with E-state index in [9.17, 15) is 0 Å². The Morgan fingerprint density at radius 2 is 2.00 bits per heavy atom. The van der Waals surface area contributed by atoms with Crippen LogP contribution in [-0.2, 0) is 6.42 Å². The fourth-order valence-electron chi connectivity index (χ4n) is 1.48. The SMILES string of the molecule is CC.Cc1cnc(C)c2c1OCC2. The first kappa shape index (κ1) is 10.0. The Bertz CT molecular complexity index is 265. The van der Waals surface area contributed by atoms with Crippen molar-refractivity contribution in [1.82, 2.24) is 4.98 Å². The normalized spacial score (nSPS) is 12.6. The molecule has 0 spiro atoms. The molecular formula is C11H17NO. The smallest absolute Gasteiger partial charge is 0.128 e. The van der Waals surface area contributed by atoms with Gasteiger partial charge in [0.25, 0.3) is 0 Å². The lowest BCUT2D eigenvalue weighted by molar-refractivity contribution is 0.354. The zero-order chi connectivity index (χ0) is 9.84. The standard InChI is InChI=1S/C9H11NO.C2H6/c1-6-5-10-7(2)8-3-4-11-9(6)8;1-2/h5H,3-4H2,1-2H3;1-2H3. The number of fused-ring (bicyclic) bond motifs is 1. The average molecular weight is 179 g/mol.